The summed E-state index contributed by atoms with van der Waals surface area (Å²) in [4.78, 5) is 33.3. The predicted octanol–water partition coefficient (Wildman–Crippen LogP) is 4.39. The van der Waals surface area contributed by atoms with Gasteiger partial charge in [0.15, 0.2) is 0 Å². The number of anilines is 3. The number of nitrogens with two attached hydrogens (primary N) is 1. The van der Waals surface area contributed by atoms with Crippen LogP contribution in [0.4, 0.5) is 22.2 Å². The molecule has 5 N–H and O–H groups in total. The van der Waals surface area contributed by atoms with Crippen LogP contribution in [-0.2, 0) is 4.74 Å². The smallest absolute Gasteiger partial charge is 0.407 e. The Morgan fingerprint density at radius 3 is 2.41 bits per heavy atom. The van der Waals surface area contributed by atoms with Gasteiger partial charge in [-0.25, -0.2) is 9.78 Å². The highest BCUT2D eigenvalue weighted by molar-refractivity contribution is 7.14. The molecule has 4 rings (SSSR count). The molecule has 1 aromatic carbocycles. The number of aromatic nitrogens is 4. The van der Waals surface area contributed by atoms with E-state index >= 15 is 0 Å². The van der Waals surface area contributed by atoms with E-state index in [4.69, 9.17) is 10.5 Å². The van der Waals surface area contributed by atoms with Crippen molar-refractivity contribution in [2.75, 3.05) is 10.6 Å². The van der Waals surface area contributed by atoms with Crippen molar-refractivity contribution >= 4 is 40.8 Å². The summed E-state index contributed by atoms with van der Waals surface area (Å²) in [5.41, 5.74) is 6.83. The predicted molar refractivity (Wildman–Crippen MR) is 143 cm³/mol. The van der Waals surface area contributed by atoms with Gasteiger partial charge >= 0.3 is 6.09 Å². The third-order valence-corrected chi connectivity index (χ3v) is 6.65. The van der Waals surface area contributed by atoms with Crippen LogP contribution in [0.15, 0.2) is 30.5 Å². The van der Waals surface area contributed by atoms with E-state index in [0.29, 0.717) is 5.95 Å². The van der Waals surface area contributed by atoms with Crippen LogP contribution in [0.2, 0.25) is 0 Å². The molecule has 0 saturated heterocycles. The molecule has 2 heterocycles. The molecule has 0 bridgehead atoms. The van der Waals surface area contributed by atoms with Crippen LogP contribution in [0.3, 0.4) is 0 Å². The van der Waals surface area contributed by atoms with E-state index in [2.05, 4.69) is 36.1 Å². The number of hydrogen-bond acceptors (Lipinski definition) is 10. The highest BCUT2D eigenvalue weighted by atomic mass is 32.1. The van der Waals surface area contributed by atoms with E-state index in [1.807, 2.05) is 52.0 Å². The Bertz CT molecular complexity index is 1260. The first-order chi connectivity index (χ1) is 17.6. The van der Waals surface area contributed by atoms with Gasteiger partial charge in [-0.3, -0.25) is 4.79 Å². The molecule has 0 unspecified atom stereocenters. The van der Waals surface area contributed by atoms with Gasteiger partial charge < -0.3 is 26.4 Å². The summed E-state index contributed by atoms with van der Waals surface area (Å²) in [6.45, 7) is 7.40. The van der Waals surface area contributed by atoms with Crippen LogP contribution in [0.1, 0.15) is 61.8 Å². The van der Waals surface area contributed by atoms with Crippen molar-refractivity contribution in [1.29, 1.82) is 0 Å². The monoisotopic (exact) mass is 524 g/mol. The Morgan fingerprint density at radius 2 is 1.78 bits per heavy atom. The second kappa shape index (κ2) is 11.1. The Kier molecular flexibility index (Phi) is 7.86. The zero-order chi connectivity index (χ0) is 26.6. The number of rotatable bonds is 7. The van der Waals surface area contributed by atoms with E-state index in [9.17, 15) is 9.59 Å². The van der Waals surface area contributed by atoms with Gasteiger partial charge in [0.25, 0.3) is 5.91 Å². The summed E-state index contributed by atoms with van der Waals surface area (Å²) >= 11 is 1.51. The number of primary amides is 1. The summed E-state index contributed by atoms with van der Waals surface area (Å²) in [5, 5.41) is 19.4. The maximum atomic E-state index is 12.4. The van der Waals surface area contributed by atoms with Gasteiger partial charge in [-0.2, -0.15) is 4.98 Å². The molecule has 2 aromatic heterocycles. The molecular formula is C25H32N8O3S. The SMILES string of the molecule is Cc1nnc(-c2ccc(Nc3nc(N[C@@H]4CCCC[C@@H]4NC(=O)OC(C)(C)C)ncc3C(N)=O)cc2)s1. The second-order valence-corrected chi connectivity index (χ2v) is 11.1. The second-order valence-electron chi connectivity index (χ2n) is 9.94. The molecule has 3 aromatic rings. The first-order valence-electron chi connectivity index (χ1n) is 12.2. The molecule has 1 saturated carbocycles. The largest absolute Gasteiger partial charge is 0.444 e. The Hall–Kier alpha value is -3.80. The van der Waals surface area contributed by atoms with E-state index in [0.717, 1.165) is 46.9 Å². The fraction of sp³-hybridized carbons (Fsp3) is 0.440. The minimum absolute atomic E-state index is 0.0943. The summed E-state index contributed by atoms with van der Waals surface area (Å²) in [6, 6.07) is 7.34. The third kappa shape index (κ3) is 7.13. The summed E-state index contributed by atoms with van der Waals surface area (Å²) < 4.78 is 5.43. The van der Waals surface area contributed by atoms with E-state index in [1.165, 1.54) is 17.5 Å². The first-order valence-corrected chi connectivity index (χ1v) is 13.0. The lowest BCUT2D eigenvalue weighted by atomic mass is 9.90. The molecule has 1 fully saturated rings. The molecular weight excluding hydrogens is 492 g/mol. The number of alkyl carbamates (subject to hydrolysis) is 1. The molecule has 11 nitrogen and oxygen atoms in total. The van der Waals surface area contributed by atoms with Crippen LogP contribution >= 0.6 is 11.3 Å². The summed E-state index contributed by atoms with van der Waals surface area (Å²) in [6.07, 6.45) is 4.59. The lowest BCUT2D eigenvalue weighted by Gasteiger charge is -2.33. The molecule has 1 aliphatic rings. The number of ether oxygens (including phenoxy) is 1. The number of benzene rings is 1. The van der Waals surface area contributed by atoms with Crippen LogP contribution < -0.4 is 21.7 Å². The van der Waals surface area contributed by atoms with Gasteiger partial charge in [0.05, 0.1) is 6.04 Å². The summed E-state index contributed by atoms with van der Waals surface area (Å²) in [7, 11) is 0. The van der Waals surface area contributed by atoms with Crippen molar-refractivity contribution in [3.8, 4) is 10.6 Å². The van der Waals surface area contributed by atoms with Gasteiger partial charge in [-0.05, 0) is 64.8 Å². The zero-order valence-corrected chi connectivity index (χ0v) is 22.2. The molecule has 2 amide bonds. The Labute approximate surface area is 219 Å². The summed E-state index contributed by atoms with van der Waals surface area (Å²) in [5.74, 6) is -0.0227. The lowest BCUT2D eigenvalue weighted by Crippen LogP contribution is -2.50. The number of nitrogens with zero attached hydrogens (tertiary/aromatic N) is 4. The molecule has 1 aliphatic carbocycles. The number of carbonyl (C=O) groups is 2. The minimum atomic E-state index is -0.642. The van der Waals surface area contributed by atoms with Gasteiger partial charge in [0.2, 0.25) is 5.95 Å². The van der Waals surface area contributed by atoms with Gasteiger partial charge in [0, 0.05) is 23.5 Å². The highest BCUT2D eigenvalue weighted by Crippen LogP contribution is 2.27. The number of carbonyl (C=O) groups excluding carboxylic acids is 2. The zero-order valence-electron chi connectivity index (χ0n) is 21.4. The van der Waals surface area contributed by atoms with Crippen molar-refractivity contribution in [3.63, 3.8) is 0 Å². The maximum absolute atomic E-state index is 12.4. The average Bonchev–Trinajstić information content (AvgIpc) is 3.26. The van der Waals surface area contributed by atoms with E-state index < -0.39 is 17.6 Å². The van der Waals surface area contributed by atoms with Gasteiger partial charge in [-0.15, -0.1) is 10.2 Å². The van der Waals surface area contributed by atoms with Gasteiger partial charge in [0.1, 0.15) is 27.0 Å². The molecule has 2 atom stereocenters. The number of amides is 2. The number of nitrogens with one attached hydrogen (secondary N) is 3. The molecule has 196 valence electrons. The highest BCUT2D eigenvalue weighted by Gasteiger charge is 2.29. The van der Waals surface area contributed by atoms with E-state index in [-0.39, 0.29) is 23.5 Å². The van der Waals surface area contributed by atoms with Crippen LogP contribution in [-0.4, -0.2) is 49.9 Å². The molecule has 12 heteroatoms. The topological polar surface area (TPSA) is 157 Å². The molecule has 0 spiro atoms. The van der Waals surface area contributed by atoms with Crippen molar-refractivity contribution in [2.45, 2.75) is 71.1 Å². The fourth-order valence-electron chi connectivity index (χ4n) is 4.07. The number of aryl methyl sites for hydroxylation is 1. The van der Waals surface area contributed by atoms with Crippen molar-refractivity contribution < 1.29 is 14.3 Å². The molecule has 37 heavy (non-hydrogen) atoms. The molecule has 0 radical (unpaired) electrons. The number of hydrogen-bond donors (Lipinski definition) is 4. The van der Waals surface area contributed by atoms with Crippen molar-refractivity contribution in [3.05, 3.63) is 41.0 Å². The van der Waals surface area contributed by atoms with Gasteiger partial charge in [-0.1, -0.05) is 24.2 Å². The van der Waals surface area contributed by atoms with Crippen LogP contribution in [0.5, 0.6) is 0 Å². The average molecular weight is 525 g/mol. The Balaban J connectivity index is 1.49. The lowest BCUT2D eigenvalue weighted by molar-refractivity contribution is 0.0488. The standard InChI is InChI=1S/C25H32N8O3S/c1-14-32-33-22(37-14)15-9-11-16(12-10-15)28-21-17(20(26)34)13-27-23(31-21)29-18-7-5-6-8-19(18)30-24(35)36-25(2,3)4/h9-13,18-19H,5-8H2,1-4H3,(H2,26,34)(H,30,35)(H2,27,28,29,31)/t18-,19+/m1/s1. The first kappa shape index (κ1) is 26.3. The van der Waals surface area contributed by atoms with Crippen LogP contribution in [0.25, 0.3) is 10.6 Å². The Morgan fingerprint density at radius 1 is 1.08 bits per heavy atom. The van der Waals surface area contributed by atoms with Crippen molar-refractivity contribution in [1.82, 2.24) is 25.5 Å². The maximum Gasteiger partial charge on any atom is 0.407 e. The van der Waals surface area contributed by atoms with E-state index in [1.54, 1.807) is 0 Å². The third-order valence-electron chi connectivity index (χ3n) is 5.76. The fourth-order valence-corrected chi connectivity index (χ4v) is 4.77. The van der Waals surface area contributed by atoms with Crippen LogP contribution in [0, 0.1) is 6.92 Å². The van der Waals surface area contributed by atoms with Crippen molar-refractivity contribution in [2.24, 2.45) is 5.73 Å². The quantitative estimate of drug-likeness (QED) is 0.352. The molecule has 0 aliphatic heterocycles. The normalized spacial score (nSPS) is 17.6. The minimum Gasteiger partial charge on any atom is -0.444 e.